The summed E-state index contributed by atoms with van der Waals surface area (Å²) in [5.41, 5.74) is 4.02. The van der Waals surface area contributed by atoms with Crippen molar-refractivity contribution in [3.63, 3.8) is 0 Å². The van der Waals surface area contributed by atoms with E-state index < -0.39 is 0 Å². The lowest BCUT2D eigenvalue weighted by molar-refractivity contribution is 0.242. The van der Waals surface area contributed by atoms with E-state index in [2.05, 4.69) is 31.7 Å². The minimum absolute atomic E-state index is 0.0534. The summed E-state index contributed by atoms with van der Waals surface area (Å²) in [6, 6.07) is 25.8. The standard InChI is InChI=1S/C25H20N6O2/c1-2-6-18(7-3-1)23-26-30-31(29-23)15-17-10-12-19(13-11-17)24-27-28-25(33-24)21-14-20-8-4-5-9-22(20)32-16-21/h1-13,21H,14-16H2. The van der Waals surface area contributed by atoms with Crippen LogP contribution in [-0.2, 0) is 13.0 Å². The summed E-state index contributed by atoms with van der Waals surface area (Å²) in [5.74, 6) is 2.70. The number of hydrogen-bond acceptors (Lipinski definition) is 7. The van der Waals surface area contributed by atoms with Gasteiger partial charge in [-0.2, -0.15) is 4.80 Å². The Morgan fingerprint density at radius 1 is 0.818 bits per heavy atom. The smallest absolute Gasteiger partial charge is 0.247 e. The largest absolute Gasteiger partial charge is 0.492 e. The van der Waals surface area contributed by atoms with E-state index in [1.54, 1.807) is 4.80 Å². The molecule has 3 heterocycles. The van der Waals surface area contributed by atoms with Gasteiger partial charge < -0.3 is 9.15 Å². The van der Waals surface area contributed by atoms with Gasteiger partial charge >= 0.3 is 0 Å². The molecule has 8 nitrogen and oxygen atoms in total. The normalized spacial score (nSPS) is 15.1. The van der Waals surface area contributed by atoms with Gasteiger partial charge in [0.1, 0.15) is 12.4 Å². The Morgan fingerprint density at radius 3 is 2.52 bits per heavy atom. The number of fused-ring (bicyclic) bond motifs is 1. The fourth-order valence-electron chi connectivity index (χ4n) is 3.93. The van der Waals surface area contributed by atoms with Gasteiger partial charge in [0.25, 0.3) is 0 Å². The Kier molecular flexibility index (Phi) is 4.88. The summed E-state index contributed by atoms with van der Waals surface area (Å²) in [6.45, 7) is 1.06. The molecule has 0 N–H and O–H groups in total. The van der Waals surface area contributed by atoms with Gasteiger partial charge in [-0.15, -0.1) is 20.4 Å². The van der Waals surface area contributed by atoms with Gasteiger partial charge in [-0.25, -0.2) is 0 Å². The Labute approximate surface area is 189 Å². The maximum absolute atomic E-state index is 5.99. The van der Waals surface area contributed by atoms with Crippen LogP contribution in [0.1, 0.15) is 22.9 Å². The molecule has 1 aliphatic heterocycles. The second kappa shape index (κ2) is 8.31. The molecule has 6 rings (SSSR count). The Balaban J connectivity index is 1.14. The SMILES string of the molecule is c1ccc(-c2nnn(Cc3ccc(-c4nnc(C5COc6ccccc6C5)o4)cc3)n2)cc1. The molecule has 0 radical (unpaired) electrons. The van der Waals surface area contributed by atoms with Crippen molar-refractivity contribution in [1.82, 2.24) is 30.4 Å². The Morgan fingerprint density at radius 2 is 1.64 bits per heavy atom. The van der Waals surface area contributed by atoms with Gasteiger partial charge in [0.2, 0.25) is 17.6 Å². The number of para-hydroxylation sites is 1. The maximum Gasteiger partial charge on any atom is 0.247 e. The zero-order valence-electron chi connectivity index (χ0n) is 17.7. The van der Waals surface area contributed by atoms with Gasteiger partial charge in [0.15, 0.2) is 0 Å². The van der Waals surface area contributed by atoms with Crippen LogP contribution in [0.15, 0.2) is 83.3 Å². The summed E-state index contributed by atoms with van der Waals surface area (Å²) in [6.07, 6.45) is 0.826. The highest BCUT2D eigenvalue weighted by Crippen LogP contribution is 2.32. The molecule has 0 saturated carbocycles. The first-order valence-corrected chi connectivity index (χ1v) is 10.8. The van der Waals surface area contributed by atoms with Crippen LogP contribution in [0.3, 0.4) is 0 Å². The number of ether oxygens (including phenoxy) is 1. The van der Waals surface area contributed by atoms with E-state index in [4.69, 9.17) is 9.15 Å². The second-order valence-electron chi connectivity index (χ2n) is 7.97. The monoisotopic (exact) mass is 436 g/mol. The lowest BCUT2D eigenvalue weighted by Gasteiger charge is -2.22. The third-order valence-corrected chi connectivity index (χ3v) is 5.68. The minimum Gasteiger partial charge on any atom is -0.492 e. The molecule has 1 atom stereocenters. The molecule has 162 valence electrons. The van der Waals surface area contributed by atoms with Crippen LogP contribution in [0.4, 0.5) is 0 Å². The van der Waals surface area contributed by atoms with Crippen molar-refractivity contribution in [2.24, 2.45) is 0 Å². The van der Waals surface area contributed by atoms with E-state index >= 15 is 0 Å². The lowest BCUT2D eigenvalue weighted by atomic mass is 9.97. The summed E-state index contributed by atoms with van der Waals surface area (Å²) in [5, 5.41) is 21.3. The van der Waals surface area contributed by atoms with Crippen LogP contribution in [0, 0.1) is 0 Å². The quantitative estimate of drug-likeness (QED) is 0.408. The molecule has 33 heavy (non-hydrogen) atoms. The van der Waals surface area contributed by atoms with Gasteiger partial charge in [-0.1, -0.05) is 60.7 Å². The van der Waals surface area contributed by atoms with Gasteiger partial charge in [-0.3, -0.25) is 0 Å². The fourth-order valence-corrected chi connectivity index (χ4v) is 3.93. The second-order valence-corrected chi connectivity index (χ2v) is 7.97. The molecule has 1 aliphatic rings. The van der Waals surface area contributed by atoms with Crippen LogP contribution >= 0.6 is 0 Å². The molecule has 0 amide bonds. The molecule has 0 saturated heterocycles. The zero-order valence-corrected chi connectivity index (χ0v) is 17.7. The first kappa shape index (κ1) is 19.4. The molecule has 0 fully saturated rings. The van der Waals surface area contributed by atoms with Gasteiger partial charge in [-0.05, 0) is 41.0 Å². The number of rotatable bonds is 5. The average molecular weight is 436 g/mol. The number of benzene rings is 3. The van der Waals surface area contributed by atoms with Crippen LogP contribution in [0.2, 0.25) is 0 Å². The molecule has 0 aliphatic carbocycles. The number of hydrogen-bond donors (Lipinski definition) is 0. The fraction of sp³-hybridized carbons (Fsp3) is 0.160. The Hall–Kier alpha value is -4.33. The zero-order chi connectivity index (χ0) is 22.0. The maximum atomic E-state index is 5.99. The van der Waals surface area contributed by atoms with Crippen LogP contribution in [0.5, 0.6) is 5.75 Å². The van der Waals surface area contributed by atoms with Crippen LogP contribution in [-0.4, -0.2) is 37.0 Å². The van der Waals surface area contributed by atoms with Crippen LogP contribution < -0.4 is 4.74 Å². The molecule has 1 unspecified atom stereocenters. The van der Waals surface area contributed by atoms with E-state index in [-0.39, 0.29) is 5.92 Å². The molecule has 0 spiro atoms. The van der Waals surface area contributed by atoms with E-state index in [1.165, 1.54) is 0 Å². The third kappa shape index (κ3) is 3.98. The van der Waals surface area contributed by atoms with Crippen molar-refractivity contribution in [2.45, 2.75) is 18.9 Å². The highest BCUT2D eigenvalue weighted by Gasteiger charge is 2.26. The number of tetrazole rings is 1. The predicted octanol–water partition coefficient (Wildman–Crippen LogP) is 4.16. The van der Waals surface area contributed by atoms with Crippen molar-refractivity contribution in [1.29, 1.82) is 0 Å². The molecule has 2 aromatic heterocycles. The van der Waals surface area contributed by atoms with E-state index in [1.807, 2.05) is 72.8 Å². The van der Waals surface area contributed by atoms with Crippen LogP contribution in [0.25, 0.3) is 22.8 Å². The number of aromatic nitrogens is 6. The summed E-state index contributed by atoms with van der Waals surface area (Å²) in [7, 11) is 0. The summed E-state index contributed by atoms with van der Waals surface area (Å²) < 4.78 is 11.9. The molecule has 3 aromatic carbocycles. The van der Waals surface area contributed by atoms with Crippen molar-refractivity contribution in [3.8, 4) is 28.6 Å². The third-order valence-electron chi connectivity index (χ3n) is 5.68. The highest BCUT2D eigenvalue weighted by atomic mass is 16.5. The van der Waals surface area contributed by atoms with Gasteiger partial charge in [0, 0.05) is 11.1 Å². The molecular formula is C25H20N6O2. The van der Waals surface area contributed by atoms with Gasteiger partial charge in [0.05, 0.1) is 12.5 Å². The molecular weight excluding hydrogens is 416 g/mol. The topological polar surface area (TPSA) is 91.8 Å². The van der Waals surface area contributed by atoms with E-state index in [0.717, 1.165) is 34.4 Å². The predicted molar refractivity (Wildman–Crippen MR) is 120 cm³/mol. The summed E-state index contributed by atoms with van der Waals surface area (Å²) >= 11 is 0. The lowest BCUT2D eigenvalue weighted by Crippen LogP contribution is -2.19. The average Bonchev–Trinajstić information content (AvgIpc) is 3.55. The van der Waals surface area contributed by atoms with Crippen molar-refractivity contribution >= 4 is 0 Å². The highest BCUT2D eigenvalue weighted by molar-refractivity contribution is 5.54. The first-order valence-electron chi connectivity index (χ1n) is 10.8. The number of nitrogens with zero attached hydrogens (tertiary/aromatic N) is 6. The van der Waals surface area contributed by atoms with Crippen molar-refractivity contribution in [3.05, 3.63) is 95.9 Å². The minimum atomic E-state index is 0.0534. The molecule has 5 aromatic rings. The van der Waals surface area contributed by atoms with E-state index in [9.17, 15) is 0 Å². The molecule has 0 bridgehead atoms. The van der Waals surface area contributed by atoms with Crippen molar-refractivity contribution in [2.75, 3.05) is 6.61 Å². The van der Waals surface area contributed by atoms with E-state index in [0.29, 0.717) is 30.8 Å². The van der Waals surface area contributed by atoms with Crippen molar-refractivity contribution < 1.29 is 9.15 Å². The first-order chi connectivity index (χ1) is 16.3. The molecule has 8 heteroatoms. The Bertz CT molecular complexity index is 1380. The summed E-state index contributed by atoms with van der Waals surface area (Å²) in [4.78, 5) is 1.59.